The molecule has 3 rings (SSSR count). The molecule has 1 fully saturated rings. The molecule has 1 aliphatic rings. The van der Waals surface area contributed by atoms with E-state index in [1.54, 1.807) is 0 Å². The van der Waals surface area contributed by atoms with Gasteiger partial charge in [-0.05, 0) is 51.0 Å². The van der Waals surface area contributed by atoms with Crippen LogP contribution in [-0.2, 0) is 11.3 Å². The van der Waals surface area contributed by atoms with Crippen molar-refractivity contribution in [1.82, 2.24) is 19.7 Å². The molecule has 5 nitrogen and oxygen atoms in total. The third-order valence-electron chi connectivity index (χ3n) is 4.18. The van der Waals surface area contributed by atoms with Gasteiger partial charge in [0.05, 0.1) is 5.25 Å². The minimum atomic E-state index is -0.157. The topological polar surface area (TPSA) is 51.0 Å². The van der Waals surface area contributed by atoms with E-state index in [1.165, 1.54) is 11.8 Å². The fourth-order valence-corrected chi connectivity index (χ4v) is 4.00. The van der Waals surface area contributed by atoms with Gasteiger partial charge in [0.15, 0.2) is 11.0 Å². The van der Waals surface area contributed by atoms with E-state index in [-0.39, 0.29) is 11.2 Å². The summed E-state index contributed by atoms with van der Waals surface area (Å²) in [6.07, 6.45) is 2.21. The summed E-state index contributed by atoms with van der Waals surface area (Å²) in [5, 5.41) is 9.95. The summed E-state index contributed by atoms with van der Waals surface area (Å²) in [5.41, 5.74) is 0.971. The van der Waals surface area contributed by atoms with Crippen LogP contribution >= 0.6 is 23.4 Å². The highest BCUT2D eigenvalue weighted by Crippen LogP contribution is 2.28. The van der Waals surface area contributed by atoms with E-state index in [2.05, 4.69) is 17.1 Å². The van der Waals surface area contributed by atoms with E-state index < -0.39 is 0 Å². The lowest BCUT2D eigenvalue weighted by atomic mass is 10.2. The standard InChI is InChI=1S/C17H21ClN4OS/c1-3-22-15(13-6-8-14(18)9-7-13)19-20-17(22)24-12(2)16(23)21-10-4-5-11-21/h6-9,12H,3-5,10-11H2,1-2H3. The SMILES string of the molecule is CCn1c(SC(C)C(=O)N2CCCC2)nnc1-c1ccc(Cl)cc1. The summed E-state index contributed by atoms with van der Waals surface area (Å²) >= 11 is 7.44. The lowest BCUT2D eigenvalue weighted by Crippen LogP contribution is -2.34. The van der Waals surface area contributed by atoms with Crippen LogP contribution in [0.25, 0.3) is 11.4 Å². The predicted octanol–water partition coefficient (Wildman–Crippen LogP) is 3.72. The van der Waals surface area contributed by atoms with Crippen molar-refractivity contribution in [2.24, 2.45) is 0 Å². The molecule has 7 heteroatoms. The van der Waals surface area contributed by atoms with Gasteiger partial charge in [-0.1, -0.05) is 23.4 Å². The fourth-order valence-electron chi connectivity index (χ4n) is 2.88. The molecule has 1 atom stereocenters. The van der Waals surface area contributed by atoms with Crippen molar-refractivity contribution in [1.29, 1.82) is 0 Å². The Labute approximate surface area is 151 Å². The molecular formula is C17H21ClN4OS. The Kier molecular flexibility index (Phi) is 5.46. The third kappa shape index (κ3) is 3.59. The van der Waals surface area contributed by atoms with Gasteiger partial charge in [0.1, 0.15) is 0 Å². The van der Waals surface area contributed by atoms with Crippen molar-refractivity contribution in [3.63, 3.8) is 0 Å². The number of carbonyl (C=O) groups excluding carboxylic acids is 1. The first-order chi connectivity index (χ1) is 11.6. The van der Waals surface area contributed by atoms with E-state index in [1.807, 2.05) is 40.7 Å². The first-order valence-corrected chi connectivity index (χ1v) is 9.50. The van der Waals surface area contributed by atoms with Gasteiger partial charge in [-0.15, -0.1) is 10.2 Å². The summed E-state index contributed by atoms with van der Waals surface area (Å²) in [7, 11) is 0. The summed E-state index contributed by atoms with van der Waals surface area (Å²) in [4.78, 5) is 14.4. The zero-order chi connectivity index (χ0) is 17.1. The summed E-state index contributed by atoms with van der Waals surface area (Å²) in [6.45, 7) is 6.50. The normalized spacial score (nSPS) is 15.7. The molecule has 24 heavy (non-hydrogen) atoms. The van der Waals surface area contributed by atoms with Crippen LogP contribution in [0.5, 0.6) is 0 Å². The number of halogens is 1. The number of rotatable bonds is 5. The maximum Gasteiger partial charge on any atom is 0.235 e. The second kappa shape index (κ2) is 7.57. The Hall–Kier alpha value is -1.53. The molecule has 0 bridgehead atoms. The molecule has 1 unspecified atom stereocenters. The number of nitrogens with zero attached hydrogens (tertiary/aromatic N) is 4. The zero-order valence-corrected chi connectivity index (χ0v) is 15.5. The monoisotopic (exact) mass is 364 g/mol. The Morgan fingerprint density at radius 3 is 2.54 bits per heavy atom. The van der Waals surface area contributed by atoms with Crippen molar-refractivity contribution < 1.29 is 4.79 Å². The van der Waals surface area contributed by atoms with Gasteiger partial charge >= 0.3 is 0 Å². The maximum atomic E-state index is 12.5. The maximum absolute atomic E-state index is 12.5. The first kappa shape index (κ1) is 17.3. The molecule has 2 aromatic rings. The molecule has 128 valence electrons. The molecule has 2 heterocycles. The third-order valence-corrected chi connectivity index (χ3v) is 5.50. The molecule has 1 aliphatic heterocycles. The molecule has 0 N–H and O–H groups in total. The van der Waals surface area contributed by atoms with Crippen LogP contribution in [-0.4, -0.2) is 43.9 Å². The molecular weight excluding hydrogens is 344 g/mol. The van der Waals surface area contributed by atoms with Crippen molar-refractivity contribution >= 4 is 29.3 Å². The van der Waals surface area contributed by atoms with Crippen molar-refractivity contribution in [3.8, 4) is 11.4 Å². The Bertz CT molecular complexity index is 710. The van der Waals surface area contributed by atoms with Crippen LogP contribution in [0.15, 0.2) is 29.4 Å². The minimum absolute atomic E-state index is 0.157. The van der Waals surface area contributed by atoms with E-state index in [0.717, 1.165) is 49.0 Å². The smallest absolute Gasteiger partial charge is 0.235 e. The Morgan fingerprint density at radius 1 is 1.25 bits per heavy atom. The van der Waals surface area contributed by atoms with Crippen LogP contribution in [0.1, 0.15) is 26.7 Å². The number of amides is 1. The van der Waals surface area contributed by atoms with Crippen LogP contribution in [0.4, 0.5) is 0 Å². The zero-order valence-electron chi connectivity index (χ0n) is 13.9. The number of aromatic nitrogens is 3. The van der Waals surface area contributed by atoms with E-state index >= 15 is 0 Å². The summed E-state index contributed by atoms with van der Waals surface area (Å²) in [6, 6.07) is 7.56. The number of thioether (sulfide) groups is 1. The van der Waals surface area contributed by atoms with Crippen molar-refractivity contribution in [3.05, 3.63) is 29.3 Å². The van der Waals surface area contributed by atoms with Gasteiger partial charge in [0.25, 0.3) is 0 Å². The van der Waals surface area contributed by atoms with Gasteiger partial charge < -0.3 is 9.47 Å². The molecule has 0 radical (unpaired) electrons. The second-order valence-corrected chi connectivity index (χ2v) is 7.59. The van der Waals surface area contributed by atoms with Crippen molar-refractivity contribution in [2.45, 2.75) is 43.6 Å². The molecule has 1 aromatic carbocycles. The Balaban J connectivity index is 1.78. The van der Waals surface area contributed by atoms with Gasteiger partial charge in [0.2, 0.25) is 5.91 Å². The van der Waals surface area contributed by atoms with Gasteiger partial charge in [-0.3, -0.25) is 4.79 Å². The number of likely N-dealkylation sites (tertiary alicyclic amines) is 1. The van der Waals surface area contributed by atoms with Crippen molar-refractivity contribution in [2.75, 3.05) is 13.1 Å². The number of carbonyl (C=O) groups is 1. The van der Waals surface area contributed by atoms with Gasteiger partial charge in [-0.2, -0.15) is 0 Å². The first-order valence-electron chi connectivity index (χ1n) is 8.24. The van der Waals surface area contributed by atoms with Crippen LogP contribution < -0.4 is 0 Å². The number of benzene rings is 1. The molecule has 0 saturated carbocycles. The van der Waals surface area contributed by atoms with E-state index in [4.69, 9.17) is 11.6 Å². The largest absolute Gasteiger partial charge is 0.342 e. The summed E-state index contributed by atoms with van der Waals surface area (Å²) < 4.78 is 2.04. The Morgan fingerprint density at radius 2 is 1.92 bits per heavy atom. The number of hydrogen-bond donors (Lipinski definition) is 0. The highest BCUT2D eigenvalue weighted by atomic mass is 35.5. The van der Waals surface area contributed by atoms with Gasteiger partial charge in [0, 0.05) is 30.2 Å². The van der Waals surface area contributed by atoms with Crippen LogP contribution in [0.3, 0.4) is 0 Å². The number of hydrogen-bond acceptors (Lipinski definition) is 4. The predicted molar refractivity (Wildman–Crippen MR) is 97.3 cm³/mol. The van der Waals surface area contributed by atoms with E-state index in [9.17, 15) is 4.79 Å². The second-order valence-electron chi connectivity index (χ2n) is 5.85. The van der Waals surface area contributed by atoms with Gasteiger partial charge in [-0.25, -0.2) is 0 Å². The lowest BCUT2D eigenvalue weighted by molar-refractivity contribution is -0.129. The highest BCUT2D eigenvalue weighted by molar-refractivity contribution is 8.00. The quantitative estimate of drug-likeness (QED) is 0.759. The van der Waals surface area contributed by atoms with Crippen LogP contribution in [0.2, 0.25) is 5.02 Å². The lowest BCUT2D eigenvalue weighted by Gasteiger charge is -2.19. The average Bonchev–Trinajstić information content (AvgIpc) is 3.24. The highest BCUT2D eigenvalue weighted by Gasteiger charge is 2.26. The summed E-state index contributed by atoms with van der Waals surface area (Å²) in [5.74, 6) is 0.994. The molecule has 0 aliphatic carbocycles. The van der Waals surface area contributed by atoms with E-state index in [0.29, 0.717) is 5.02 Å². The average molecular weight is 365 g/mol. The molecule has 1 amide bonds. The fraction of sp³-hybridized carbons (Fsp3) is 0.471. The van der Waals surface area contributed by atoms with Crippen LogP contribution in [0, 0.1) is 0 Å². The molecule has 1 aromatic heterocycles. The molecule has 1 saturated heterocycles. The molecule has 0 spiro atoms. The minimum Gasteiger partial charge on any atom is -0.342 e.